The highest BCUT2D eigenvalue weighted by atomic mass is 19.4. The summed E-state index contributed by atoms with van der Waals surface area (Å²) in [5, 5.41) is 10.3. The molecule has 0 radical (unpaired) electrons. The van der Waals surface area contributed by atoms with Gasteiger partial charge in [0.2, 0.25) is 5.91 Å². The molecule has 1 amide bonds. The van der Waals surface area contributed by atoms with Crippen molar-refractivity contribution in [3.05, 3.63) is 71.3 Å². The van der Waals surface area contributed by atoms with Crippen LogP contribution in [-0.4, -0.2) is 46.8 Å². The first-order valence-electron chi connectivity index (χ1n) is 12.2. The van der Waals surface area contributed by atoms with Gasteiger partial charge in [-0.2, -0.15) is 18.3 Å². The quantitative estimate of drug-likeness (QED) is 0.698. The van der Waals surface area contributed by atoms with Gasteiger partial charge in [0.25, 0.3) is 0 Å². The number of carbonyl (C=O) groups excluding carboxylic acids is 1. The van der Waals surface area contributed by atoms with E-state index in [1.165, 1.54) is 5.56 Å². The lowest BCUT2D eigenvalue weighted by Gasteiger charge is -2.48. The zero-order valence-electron chi connectivity index (χ0n) is 19.8. The van der Waals surface area contributed by atoms with E-state index >= 15 is 0 Å². The van der Waals surface area contributed by atoms with Crippen molar-refractivity contribution in [3.63, 3.8) is 0 Å². The maximum Gasteiger partial charge on any atom is 0.416 e. The van der Waals surface area contributed by atoms with E-state index in [1.54, 1.807) is 18.3 Å². The van der Waals surface area contributed by atoms with Gasteiger partial charge in [-0.05, 0) is 55.9 Å². The van der Waals surface area contributed by atoms with E-state index in [-0.39, 0.29) is 29.1 Å². The Morgan fingerprint density at radius 2 is 1.77 bits per heavy atom. The van der Waals surface area contributed by atoms with Gasteiger partial charge in [0.15, 0.2) is 0 Å². The lowest BCUT2D eigenvalue weighted by Crippen LogP contribution is -2.61. The number of hydrogen-bond donors (Lipinski definition) is 1. The molecule has 4 unspecified atom stereocenters. The van der Waals surface area contributed by atoms with Crippen LogP contribution in [0.5, 0.6) is 0 Å². The highest BCUT2D eigenvalue weighted by Gasteiger charge is 2.62. The van der Waals surface area contributed by atoms with Crippen LogP contribution in [-0.2, 0) is 16.4 Å². The molecule has 8 heteroatoms. The molecule has 5 atom stereocenters. The molecule has 0 aromatic heterocycles. The number of fused-ring (bicyclic) bond motifs is 2. The molecule has 3 heterocycles. The van der Waals surface area contributed by atoms with E-state index in [2.05, 4.69) is 36.4 Å². The van der Waals surface area contributed by atoms with Crippen LogP contribution in [0.1, 0.15) is 49.4 Å². The molecule has 1 N–H and O–H groups in total. The summed E-state index contributed by atoms with van der Waals surface area (Å²) < 4.78 is 39.0. The fourth-order valence-electron chi connectivity index (χ4n) is 6.41. The number of nitrogens with zero attached hydrogens (tertiary/aromatic N) is 3. The van der Waals surface area contributed by atoms with Crippen molar-refractivity contribution in [1.29, 1.82) is 0 Å². The Morgan fingerprint density at radius 1 is 1.06 bits per heavy atom. The van der Waals surface area contributed by atoms with E-state index in [0.717, 1.165) is 30.5 Å². The lowest BCUT2D eigenvalue weighted by atomic mass is 9.85. The Bertz CT molecular complexity index is 1160. The summed E-state index contributed by atoms with van der Waals surface area (Å²) in [6.45, 7) is 5.50. The molecule has 2 aromatic rings. The first kappa shape index (κ1) is 22.6. The number of benzene rings is 2. The van der Waals surface area contributed by atoms with Crippen molar-refractivity contribution in [2.24, 2.45) is 16.9 Å². The summed E-state index contributed by atoms with van der Waals surface area (Å²) in [6, 6.07) is 15.9. The second kappa shape index (κ2) is 7.56. The van der Waals surface area contributed by atoms with Gasteiger partial charge in [-0.25, -0.2) is 0 Å². The highest BCUT2D eigenvalue weighted by molar-refractivity contribution is 5.95. The van der Waals surface area contributed by atoms with Crippen molar-refractivity contribution in [2.45, 2.75) is 56.0 Å². The number of alkyl halides is 3. The van der Waals surface area contributed by atoms with Gasteiger partial charge >= 0.3 is 6.18 Å². The molecule has 1 aliphatic carbocycles. The minimum absolute atomic E-state index is 0.0387. The van der Waals surface area contributed by atoms with Crippen molar-refractivity contribution < 1.29 is 18.0 Å². The number of rotatable bonds is 3. The second-order valence-corrected chi connectivity index (χ2v) is 11.1. The van der Waals surface area contributed by atoms with Crippen molar-refractivity contribution >= 4 is 12.1 Å². The fourth-order valence-corrected chi connectivity index (χ4v) is 6.41. The molecule has 35 heavy (non-hydrogen) atoms. The van der Waals surface area contributed by atoms with Crippen LogP contribution in [0.3, 0.4) is 0 Å². The van der Waals surface area contributed by atoms with Crippen LogP contribution in [0.4, 0.5) is 13.2 Å². The van der Waals surface area contributed by atoms with E-state index in [0.29, 0.717) is 19.0 Å². The number of halogens is 3. The molecule has 2 saturated heterocycles. The smallest absolute Gasteiger partial charge is 0.341 e. The first-order valence-corrected chi connectivity index (χ1v) is 12.2. The Labute approximate surface area is 203 Å². The van der Waals surface area contributed by atoms with E-state index < -0.39 is 17.7 Å². The molecule has 184 valence electrons. The number of carbonyl (C=O) groups is 1. The van der Waals surface area contributed by atoms with Gasteiger partial charge in [-0.15, -0.1) is 0 Å². The summed E-state index contributed by atoms with van der Waals surface area (Å²) in [6.07, 6.45) is -1.02. The second-order valence-electron chi connectivity index (χ2n) is 11.1. The van der Waals surface area contributed by atoms with Crippen LogP contribution >= 0.6 is 0 Å². The fraction of sp³-hybridized carbons (Fsp3) is 0.481. The predicted molar refractivity (Wildman–Crippen MR) is 126 cm³/mol. The van der Waals surface area contributed by atoms with Gasteiger partial charge in [0, 0.05) is 30.8 Å². The van der Waals surface area contributed by atoms with Crippen molar-refractivity contribution in [2.75, 3.05) is 13.1 Å². The number of hydrazone groups is 1. The predicted octanol–water partition coefficient (Wildman–Crippen LogP) is 4.56. The summed E-state index contributed by atoms with van der Waals surface area (Å²) in [5.41, 5.74) is 1.02. The maximum atomic E-state index is 13.7. The Hall–Kier alpha value is -2.87. The summed E-state index contributed by atoms with van der Waals surface area (Å²) in [4.78, 5) is 15.6. The van der Waals surface area contributed by atoms with E-state index in [4.69, 9.17) is 0 Å². The molecule has 6 rings (SSSR count). The molecule has 3 aliphatic heterocycles. The Balaban J connectivity index is 1.19. The van der Waals surface area contributed by atoms with E-state index in [1.807, 2.05) is 28.1 Å². The van der Waals surface area contributed by atoms with Crippen molar-refractivity contribution in [3.8, 4) is 0 Å². The van der Waals surface area contributed by atoms with E-state index in [9.17, 15) is 18.0 Å². The van der Waals surface area contributed by atoms with Gasteiger partial charge in [-0.3, -0.25) is 15.1 Å². The van der Waals surface area contributed by atoms with Crippen LogP contribution in [0, 0.1) is 11.8 Å². The average Bonchev–Trinajstić information content (AvgIpc) is 3.16. The largest absolute Gasteiger partial charge is 0.416 e. The monoisotopic (exact) mass is 482 g/mol. The molecule has 3 fully saturated rings. The molecule has 2 aromatic carbocycles. The number of amides is 1. The molecular weight excluding hydrogens is 453 g/mol. The zero-order chi connectivity index (χ0) is 24.6. The Kier molecular flexibility index (Phi) is 4.88. The summed E-state index contributed by atoms with van der Waals surface area (Å²) in [5.74, 6) is -0.0647. The number of likely N-dealkylation sites (tertiary alicyclic amines) is 1. The molecule has 5 nitrogen and oxygen atoms in total. The maximum absolute atomic E-state index is 13.7. The standard InChI is InChI=1S/C27H29F3N4O/c1-25(2)13-22(17-6-4-3-5-7-17)32-23-21(14-31-34(23)25)24(35)33-15-20-12-26(20,16-33)18-8-10-19(11-9-18)27(28,29)30/h3-11,14,20-23,32H,12-13,15-16H2,1-2H3/t20?,21?,22-,23?,26?/m1/s1. The summed E-state index contributed by atoms with van der Waals surface area (Å²) in [7, 11) is 0. The van der Waals surface area contributed by atoms with Crippen LogP contribution in [0.2, 0.25) is 0 Å². The third-order valence-electron chi connectivity index (χ3n) is 8.38. The van der Waals surface area contributed by atoms with Crippen LogP contribution < -0.4 is 5.32 Å². The normalized spacial score (nSPS) is 32.9. The van der Waals surface area contributed by atoms with Crippen molar-refractivity contribution in [1.82, 2.24) is 15.2 Å². The Morgan fingerprint density at radius 3 is 2.46 bits per heavy atom. The molecular formula is C27H29F3N4O. The summed E-state index contributed by atoms with van der Waals surface area (Å²) >= 11 is 0. The van der Waals surface area contributed by atoms with Gasteiger partial charge in [-0.1, -0.05) is 42.5 Å². The third-order valence-corrected chi connectivity index (χ3v) is 8.38. The van der Waals surface area contributed by atoms with Gasteiger partial charge in [0.1, 0.15) is 12.1 Å². The average molecular weight is 483 g/mol. The topological polar surface area (TPSA) is 47.9 Å². The lowest BCUT2D eigenvalue weighted by molar-refractivity contribution is -0.137. The van der Waals surface area contributed by atoms with Gasteiger partial charge < -0.3 is 4.90 Å². The molecule has 0 bridgehead atoms. The first-order chi connectivity index (χ1) is 16.6. The number of nitrogens with one attached hydrogen (secondary N) is 1. The zero-order valence-corrected chi connectivity index (χ0v) is 19.8. The van der Waals surface area contributed by atoms with Crippen LogP contribution in [0.15, 0.2) is 59.7 Å². The minimum Gasteiger partial charge on any atom is -0.341 e. The number of hydrogen-bond acceptors (Lipinski definition) is 4. The SMILES string of the molecule is CC1(C)C[C@H](c2ccccc2)NC2C(C(=O)N3CC4CC4(c4ccc(C(F)(F)F)cc4)C3)C=NN21. The number of piperidine rings is 1. The third kappa shape index (κ3) is 3.64. The molecule has 4 aliphatic rings. The van der Waals surface area contributed by atoms with Crippen LogP contribution in [0.25, 0.3) is 0 Å². The minimum atomic E-state index is -4.34. The highest BCUT2D eigenvalue weighted by Crippen LogP contribution is 2.59. The van der Waals surface area contributed by atoms with Gasteiger partial charge in [0.05, 0.1) is 11.1 Å². The molecule has 1 saturated carbocycles. The molecule has 0 spiro atoms.